The van der Waals surface area contributed by atoms with Crippen molar-refractivity contribution >= 4 is 11.9 Å². The van der Waals surface area contributed by atoms with Crippen molar-refractivity contribution < 1.29 is 19.4 Å². The Labute approximate surface area is 130 Å². The largest absolute Gasteiger partial charge is 0.507 e. The lowest BCUT2D eigenvalue weighted by molar-refractivity contribution is -0.125. The lowest BCUT2D eigenvalue weighted by atomic mass is 9.86. The maximum absolute atomic E-state index is 11.9. The number of nitrogens with one attached hydrogen (secondary N) is 1. The molecule has 1 saturated carbocycles. The Bertz CT molecular complexity index is 556. The van der Waals surface area contributed by atoms with Crippen molar-refractivity contribution in [2.24, 2.45) is 5.92 Å². The molecule has 1 aliphatic carbocycles. The van der Waals surface area contributed by atoms with E-state index in [0.29, 0.717) is 11.5 Å². The van der Waals surface area contributed by atoms with Crippen LogP contribution in [0.5, 0.6) is 5.75 Å². The summed E-state index contributed by atoms with van der Waals surface area (Å²) in [6.45, 7) is 3.50. The van der Waals surface area contributed by atoms with Crippen LogP contribution in [0.3, 0.4) is 0 Å². The summed E-state index contributed by atoms with van der Waals surface area (Å²) in [4.78, 5) is 23.8. The topological polar surface area (TPSA) is 75.6 Å². The first kappa shape index (κ1) is 16.3. The summed E-state index contributed by atoms with van der Waals surface area (Å²) in [7, 11) is 0. The van der Waals surface area contributed by atoms with E-state index in [4.69, 9.17) is 4.74 Å². The van der Waals surface area contributed by atoms with E-state index < -0.39 is 5.97 Å². The van der Waals surface area contributed by atoms with E-state index in [0.717, 1.165) is 19.3 Å². The third kappa shape index (κ3) is 4.00. The van der Waals surface area contributed by atoms with Crippen LogP contribution in [0, 0.1) is 12.8 Å². The molecule has 2 atom stereocenters. The van der Waals surface area contributed by atoms with Gasteiger partial charge in [0.2, 0.25) is 0 Å². The highest BCUT2D eigenvalue weighted by atomic mass is 16.5. The maximum Gasteiger partial charge on any atom is 0.342 e. The SMILES string of the molecule is Cc1cccc(C(=O)OCC(=O)N[C@@H]2CCCC[C@H]2C)c1O. The Kier molecular flexibility index (Phi) is 5.41. The Morgan fingerprint density at radius 3 is 2.77 bits per heavy atom. The third-order valence-electron chi connectivity index (χ3n) is 4.25. The number of aryl methyl sites for hydroxylation is 1. The van der Waals surface area contributed by atoms with Gasteiger partial charge in [0.25, 0.3) is 5.91 Å². The molecule has 1 aromatic carbocycles. The molecular formula is C17H23NO4. The van der Waals surface area contributed by atoms with Gasteiger partial charge in [-0.1, -0.05) is 31.9 Å². The molecule has 22 heavy (non-hydrogen) atoms. The van der Waals surface area contributed by atoms with Crippen molar-refractivity contribution in [3.63, 3.8) is 0 Å². The second-order valence-electron chi connectivity index (χ2n) is 5.98. The van der Waals surface area contributed by atoms with Gasteiger partial charge in [-0.3, -0.25) is 4.79 Å². The monoisotopic (exact) mass is 305 g/mol. The number of carbonyl (C=O) groups excluding carboxylic acids is 2. The first-order valence-corrected chi connectivity index (χ1v) is 7.74. The molecule has 0 aromatic heterocycles. The van der Waals surface area contributed by atoms with Crippen LogP contribution in [0.1, 0.15) is 48.5 Å². The number of phenols is 1. The predicted octanol–water partition coefficient (Wildman–Crippen LogP) is 2.55. The molecule has 1 fully saturated rings. The molecule has 1 aromatic rings. The Hall–Kier alpha value is -2.04. The smallest absolute Gasteiger partial charge is 0.342 e. The van der Waals surface area contributed by atoms with Gasteiger partial charge >= 0.3 is 5.97 Å². The average Bonchev–Trinajstić information content (AvgIpc) is 2.50. The highest BCUT2D eigenvalue weighted by Gasteiger charge is 2.23. The van der Waals surface area contributed by atoms with Gasteiger partial charge < -0.3 is 15.2 Å². The van der Waals surface area contributed by atoms with Gasteiger partial charge in [-0.2, -0.15) is 0 Å². The quantitative estimate of drug-likeness (QED) is 0.838. The Morgan fingerprint density at radius 2 is 2.05 bits per heavy atom. The number of carbonyl (C=O) groups is 2. The Morgan fingerprint density at radius 1 is 1.32 bits per heavy atom. The second-order valence-corrected chi connectivity index (χ2v) is 5.98. The van der Waals surface area contributed by atoms with Crippen molar-refractivity contribution in [1.82, 2.24) is 5.32 Å². The molecule has 0 radical (unpaired) electrons. The summed E-state index contributed by atoms with van der Waals surface area (Å²) in [5.41, 5.74) is 0.675. The number of hydrogen-bond donors (Lipinski definition) is 2. The lowest BCUT2D eigenvalue weighted by Gasteiger charge is -2.29. The van der Waals surface area contributed by atoms with E-state index in [9.17, 15) is 14.7 Å². The fourth-order valence-electron chi connectivity index (χ4n) is 2.81. The lowest BCUT2D eigenvalue weighted by Crippen LogP contribution is -2.42. The van der Waals surface area contributed by atoms with E-state index in [1.807, 2.05) is 0 Å². The van der Waals surface area contributed by atoms with Crippen LogP contribution in [-0.4, -0.2) is 29.6 Å². The van der Waals surface area contributed by atoms with E-state index >= 15 is 0 Å². The molecule has 0 aliphatic heterocycles. The first-order chi connectivity index (χ1) is 10.5. The zero-order valence-electron chi connectivity index (χ0n) is 13.1. The highest BCUT2D eigenvalue weighted by molar-refractivity contribution is 5.94. The number of phenolic OH excluding ortho intramolecular Hbond substituents is 1. The minimum atomic E-state index is -0.687. The molecule has 0 saturated heterocycles. The van der Waals surface area contributed by atoms with Crippen LogP contribution in [-0.2, 0) is 9.53 Å². The zero-order valence-corrected chi connectivity index (χ0v) is 13.1. The molecule has 0 spiro atoms. The maximum atomic E-state index is 11.9. The standard InChI is InChI=1S/C17H23NO4/c1-11-6-3-4-9-14(11)18-15(19)10-22-17(21)13-8-5-7-12(2)16(13)20/h5,7-8,11,14,20H,3-4,6,9-10H2,1-2H3,(H,18,19)/t11-,14-/m1/s1. The zero-order chi connectivity index (χ0) is 16.1. The fourth-order valence-corrected chi connectivity index (χ4v) is 2.81. The van der Waals surface area contributed by atoms with Crippen molar-refractivity contribution in [1.29, 1.82) is 0 Å². The normalized spacial score (nSPS) is 21.2. The van der Waals surface area contributed by atoms with Gasteiger partial charge in [-0.05, 0) is 37.3 Å². The number of amides is 1. The molecule has 0 unspecified atom stereocenters. The number of benzene rings is 1. The molecule has 0 bridgehead atoms. The number of ether oxygens (including phenoxy) is 1. The first-order valence-electron chi connectivity index (χ1n) is 7.74. The van der Waals surface area contributed by atoms with E-state index in [2.05, 4.69) is 12.2 Å². The van der Waals surface area contributed by atoms with Crippen molar-refractivity contribution in [2.45, 2.75) is 45.6 Å². The predicted molar refractivity (Wildman–Crippen MR) is 82.7 cm³/mol. The molecule has 2 N–H and O–H groups in total. The summed E-state index contributed by atoms with van der Waals surface area (Å²) in [5, 5.41) is 12.8. The van der Waals surface area contributed by atoms with Crippen molar-refractivity contribution in [3.05, 3.63) is 29.3 Å². The van der Waals surface area contributed by atoms with Crippen LogP contribution in [0.25, 0.3) is 0 Å². The molecule has 2 rings (SSSR count). The number of hydrogen-bond acceptors (Lipinski definition) is 4. The second kappa shape index (κ2) is 7.29. The van der Waals surface area contributed by atoms with E-state index in [-0.39, 0.29) is 29.9 Å². The van der Waals surface area contributed by atoms with Crippen LogP contribution in [0.15, 0.2) is 18.2 Å². The van der Waals surface area contributed by atoms with Crippen LogP contribution in [0.2, 0.25) is 0 Å². The summed E-state index contributed by atoms with van der Waals surface area (Å²) in [6, 6.07) is 5.00. The third-order valence-corrected chi connectivity index (χ3v) is 4.25. The number of para-hydroxylation sites is 1. The summed E-state index contributed by atoms with van der Waals surface area (Å²) < 4.78 is 4.99. The van der Waals surface area contributed by atoms with Crippen molar-refractivity contribution in [3.8, 4) is 5.75 Å². The van der Waals surface area contributed by atoms with Gasteiger partial charge in [-0.25, -0.2) is 4.79 Å². The summed E-state index contributed by atoms with van der Waals surface area (Å²) in [6.07, 6.45) is 4.41. The van der Waals surface area contributed by atoms with Gasteiger partial charge in [0, 0.05) is 6.04 Å². The Balaban J connectivity index is 1.85. The van der Waals surface area contributed by atoms with Crippen molar-refractivity contribution in [2.75, 3.05) is 6.61 Å². The van der Waals surface area contributed by atoms with Gasteiger partial charge in [0.05, 0.1) is 0 Å². The van der Waals surface area contributed by atoms with Gasteiger partial charge in [0.1, 0.15) is 11.3 Å². The molecular weight excluding hydrogens is 282 g/mol. The van der Waals surface area contributed by atoms with Gasteiger partial charge in [0.15, 0.2) is 6.61 Å². The number of rotatable bonds is 4. The van der Waals surface area contributed by atoms with Crippen LogP contribution >= 0.6 is 0 Å². The molecule has 1 aliphatic rings. The van der Waals surface area contributed by atoms with Crippen LogP contribution < -0.4 is 5.32 Å². The molecule has 5 nitrogen and oxygen atoms in total. The molecule has 1 amide bonds. The van der Waals surface area contributed by atoms with Gasteiger partial charge in [-0.15, -0.1) is 0 Å². The summed E-state index contributed by atoms with van der Waals surface area (Å²) in [5.74, 6) is -0.629. The molecule has 0 heterocycles. The molecule has 5 heteroatoms. The van der Waals surface area contributed by atoms with E-state index in [1.165, 1.54) is 12.5 Å². The number of esters is 1. The number of aromatic hydroxyl groups is 1. The van der Waals surface area contributed by atoms with Crippen LogP contribution in [0.4, 0.5) is 0 Å². The van der Waals surface area contributed by atoms with E-state index in [1.54, 1.807) is 19.1 Å². The minimum Gasteiger partial charge on any atom is -0.507 e. The molecule has 120 valence electrons. The summed E-state index contributed by atoms with van der Waals surface area (Å²) >= 11 is 0. The average molecular weight is 305 g/mol. The minimum absolute atomic E-state index is 0.0823. The highest BCUT2D eigenvalue weighted by Crippen LogP contribution is 2.24. The fraction of sp³-hybridized carbons (Fsp3) is 0.529.